The van der Waals surface area contributed by atoms with E-state index >= 15 is 0 Å². The summed E-state index contributed by atoms with van der Waals surface area (Å²) in [5, 5.41) is 6.07. The topological polar surface area (TPSA) is 105 Å². The van der Waals surface area contributed by atoms with E-state index in [4.69, 9.17) is 0 Å². The normalized spacial score (nSPS) is 12.7. The summed E-state index contributed by atoms with van der Waals surface area (Å²) in [6, 6.07) is 9.20. The Morgan fingerprint density at radius 1 is 0.975 bits per heavy atom. The lowest BCUT2D eigenvalue weighted by Crippen LogP contribution is -2.27. The molecular weight excluding hydrogens is 564 g/mol. The smallest absolute Gasteiger partial charge is 0.322 e. The third-order valence-electron chi connectivity index (χ3n) is 5.60. The molecule has 0 saturated heterocycles. The molecule has 212 valence electrons. The van der Waals surface area contributed by atoms with Crippen molar-refractivity contribution in [2.45, 2.75) is 31.1 Å². The fourth-order valence-electron chi connectivity index (χ4n) is 3.60. The first kappa shape index (κ1) is 29.0. The molecule has 0 saturated carbocycles. The number of carbonyl (C=O) groups excluding carboxylic acids is 1. The summed E-state index contributed by atoms with van der Waals surface area (Å²) in [5.74, 6) is -0.903. The minimum absolute atomic E-state index is 0.0340. The van der Waals surface area contributed by atoms with E-state index in [2.05, 4.69) is 20.1 Å². The number of aromatic nitrogens is 3. The Morgan fingerprint density at radius 2 is 1.65 bits per heavy atom. The van der Waals surface area contributed by atoms with Crippen LogP contribution in [0.1, 0.15) is 35.5 Å². The summed E-state index contributed by atoms with van der Waals surface area (Å²) in [6.07, 6.45) is -8.74. The molecule has 0 fully saturated rings. The number of alkyl halides is 6. The highest BCUT2D eigenvalue weighted by atomic mass is 32.2. The van der Waals surface area contributed by atoms with Crippen LogP contribution < -0.4 is 10.0 Å². The zero-order valence-corrected chi connectivity index (χ0v) is 21.6. The Hall–Kier alpha value is -3.98. The Morgan fingerprint density at radius 3 is 2.25 bits per heavy atom. The van der Waals surface area contributed by atoms with Crippen LogP contribution in [-0.2, 0) is 22.4 Å². The van der Waals surface area contributed by atoms with E-state index in [1.165, 1.54) is 24.3 Å². The van der Waals surface area contributed by atoms with E-state index in [1.54, 1.807) is 0 Å². The van der Waals surface area contributed by atoms with Crippen LogP contribution in [0.4, 0.5) is 32.0 Å². The van der Waals surface area contributed by atoms with Gasteiger partial charge in [-0.05, 0) is 42.3 Å². The lowest BCUT2D eigenvalue weighted by molar-refractivity contribution is -0.142. The van der Waals surface area contributed by atoms with Gasteiger partial charge in [-0.25, -0.2) is 22.6 Å². The zero-order valence-electron chi connectivity index (χ0n) is 20.8. The molecule has 0 aliphatic rings. The lowest BCUT2D eigenvalue weighted by Gasteiger charge is -2.13. The summed E-state index contributed by atoms with van der Waals surface area (Å²) in [7, 11) is -3.90. The minimum atomic E-state index is -4.95. The molecule has 4 aromatic rings. The molecule has 2 aromatic carbocycles. The maximum absolute atomic E-state index is 13.9. The van der Waals surface area contributed by atoms with Gasteiger partial charge in [-0.3, -0.25) is 4.79 Å². The number of carbonyl (C=O) groups is 1. The average molecular weight is 586 g/mol. The average Bonchev–Trinajstić information content (AvgIpc) is 3.30. The molecule has 2 N–H and O–H groups in total. The van der Waals surface area contributed by atoms with Crippen molar-refractivity contribution in [3.63, 3.8) is 0 Å². The van der Waals surface area contributed by atoms with Crippen molar-refractivity contribution in [3.8, 4) is 11.3 Å². The van der Waals surface area contributed by atoms with Crippen LogP contribution in [0.5, 0.6) is 0 Å². The van der Waals surface area contributed by atoms with E-state index in [0.29, 0.717) is 22.7 Å². The number of fused-ring (bicyclic) bond motifs is 1. The van der Waals surface area contributed by atoms with Crippen LogP contribution in [0.25, 0.3) is 16.9 Å². The summed E-state index contributed by atoms with van der Waals surface area (Å²) in [6.45, 7) is 3.81. The number of benzene rings is 2. The fraction of sp³-hybridized carbons (Fsp3) is 0.240. The number of nitrogens with one attached hydrogen (secondary N) is 2. The Kier molecular flexibility index (Phi) is 7.64. The largest absolute Gasteiger partial charge is 0.433 e. The highest BCUT2D eigenvalue weighted by Gasteiger charge is 2.36. The number of halogens is 6. The number of anilines is 1. The van der Waals surface area contributed by atoms with Crippen LogP contribution >= 0.6 is 0 Å². The van der Waals surface area contributed by atoms with E-state index < -0.39 is 45.2 Å². The molecule has 4 rings (SSSR count). The maximum atomic E-state index is 13.9. The van der Waals surface area contributed by atoms with Crippen LogP contribution in [-0.4, -0.2) is 35.5 Å². The van der Waals surface area contributed by atoms with Gasteiger partial charge in [0.2, 0.25) is 10.0 Å². The van der Waals surface area contributed by atoms with Crippen LogP contribution in [0.15, 0.2) is 65.7 Å². The van der Waals surface area contributed by atoms with E-state index in [-0.39, 0.29) is 39.9 Å². The van der Waals surface area contributed by atoms with Gasteiger partial charge in [-0.1, -0.05) is 32.0 Å². The molecule has 2 aromatic heterocycles. The lowest BCUT2D eigenvalue weighted by atomic mass is 10.1. The van der Waals surface area contributed by atoms with Crippen molar-refractivity contribution >= 4 is 27.3 Å². The van der Waals surface area contributed by atoms with Gasteiger partial charge in [0, 0.05) is 17.8 Å². The molecule has 0 aliphatic heterocycles. The summed E-state index contributed by atoms with van der Waals surface area (Å²) >= 11 is 0. The molecule has 0 spiro atoms. The second kappa shape index (κ2) is 10.5. The molecule has 0 unspecified atom stereocenters. The van der Waals surface area contributed by atoms with Crippen LogP contribution in [0.2, 0.25) is 0 Å². The highest BCUT2D eigenvalue weighted by Crippen LogP contribution is 2.34. The van der Waals surface area contributed by atoms with Gasteiger partial charge in [0.25, 0.3) is 5.91 Å². The third-order valence-corrected chi connectivity index (χ3v) is 7.02. The van der Waals surface area contributed by atoms with Gasteiger partial charge < -0.3 is 5.32 Å². The number of rotatable bonds is 7. The Bertz CT molecular complexity index is 1660. The van der Waals surface area contributed by atoms with Crippen molar-refractivity contribution in [1.29, 1.82) is 0 Å². The van der Waals surface area contributed by atoms with E-state index in [9.17, 15) is 39.6 Å². The predicted molar refractivity (Wildman–Crippen MR) is 133 cm³/mol. The SMILES string of the molecule is CC(C)CNS(=O)(=O)c1cccc(NC(=O)c2cnn3c(C(F)(F)F)cc(-c4ccc(C(F)(F)F)cc4)nc23)c1. The summed E-state index contributed by atoms with van der Waals surface area (Å²) in [4.78, 5) is 17.0. The molecule has 0 bridgehead atoms. The van der Waals surface area contributed by atoms with Gasteiger partial charge in [0.05, 0.1) is 22.3 Å². The van der Waals surface area contributed by atoms with Crippen LogP contribution in [0.3, 0.4) is 0 Å². The Labute approximate surface area is 224 Å². The molecular formula is C25H21F6N5O3S. The first-order valence-corrected chi connectivity index (χ1v) is 13.1. The molecule has 0 radical (unpaired) electrons. The summed E-state index contributed by atoms with van der Waals surface area (Å²) < 4.78 is 108. The molecule has 15 heteroatoms. The van der Waals surface area contributed by atoms with Crippen molar-refractivity contribution < 1.29 is 39.6 Å². The first-order valence-electron chi connectivity index (χ1n) is 11.6. The quantitative estimate of drug-likeness (QED) is 0.274. The molecule has 1 amide bonds. The fourth-order valence-corrected chi connectivity index (χ4v) is 4.86. The zero-order chi connectivity index (χ0) is 29.5. The van der Waals surface area contributed by atoms with Crippen LogP contribution in [0, 0.1) is 5.92 Å². The number of hydrogen-bond acceptors (Lipinski definition) is 5. The molecule has 2 heterocycles. The summed E-state index contributed by atoms with van der Waals surface area (Å²) in [5.41, 5.74) is -3.56. The second-order valence-corrected chi connectivity index (χ2v) is 10.9. The second-order valence-electron chi connectivity index (χ2n) is 9.12. The van der Waals surface area contributed by atoms with E-state index in [1.807, 2.05) is 13.8 Å². The molecule has 0 atom stereocenters. The third kappa shape index (κ3) is 6.25. The standard InChI is InChI=1S/C25H21F6N5O3S/c1-14(2)12-33-40(38,39)18-5-3-4-17(10-18)34-23(37)19-13-32-36-21(25(29,30)31)11-20(35-22(19)36)15-6-8-16(9-7-15)24(26,27)28/h3-11,13-14,33H,12H2,1-2H3,(H,34,37). The van der Waals surface area contributed by atoms with Gasteiger partial charge in [-0.15, -0.1) is 0 Å². The van der Waals surface area contributed by atoms with Gasteiger partial charge in [0.1, 0.15) is 5.56 Å². The van der Waals surface area contributed by atoms with E-state index in [0.717, 1.165) is 18.3 Å². The highest BCUT2D eigenvalue weighted by molar-refractivity contribution is 7.89. The predicted octanol–water partition coefficient (Wildman–Crippen LogP) is 5.62. The molecule has 8 nitrogen and oxygen atoms in total. The van der Waals surface area contributed by atoms with Crippen molar-refractivity contribution in [2.75, 3.05) is 11.9 Å². The van der Waals surface area contributed by atoms with Crippen molar-refractivity contribution in [1.82, 2.24) is 19.3 Å². The Balaban J connectivity index is 1.72. The monoisotopic (exact) mass is 585 g/mol. The first-order chi connectivity index (χ1) is 18.6. The number of hydrogen-bond donors (Lipinski definition) is 2. The number of amides is 1. The number of nitrogens with zero attached hydrogens (tertiary/aromatic N) is 3. The molecule has 0 aliphatic carbocycles. The minimum Gasteiger partial charge on any atom is -0.322 e. The van der Waals surface area contributed by atoms with Crippen molar-refractivity contribution in [3.05, 3.63) is 77.6 Å². The van der Waals surface area contributed by atoms with Gasteiger partial charge >= 0.3 is 12.4 Å². The number of sulfonamides is 1. The van der Waals surface area contributed by atoms with Gasteiger partial charge in [0.15, 0.2) is 11.3 Å². The maximum Gasteiger partial charge on any atom is 0.433 e. The van der Waals surface area contributed by atoms with Gasteiger partial charge in [-0.2, -0.15) is 31.4 Å². The molecule has 40 heavy (non-hydrogen) atoms. The van der Waals surface area contributed by atoms with Crippen molar-refractivity contribution in [2.24, 2.45) is 5.92 Å².